The summed E-state index contributed by atoms with van der Waals surface area (Å²) in [5, 5.41) is 4.69. The van der Waals surface area contributed by atoms with Crippen molar-refractivity contribution < 1.29 is 9.53 Å². The molecule has 2 heterocycles. The second-order valence-electron chi connectivity index (χ2n) is 7.33. The Morgan fingerprint density at radius 1 is 1.20 bits per heavy atom. The first-order chi connectivity index (χ1) is 12.2. The summed E-state index contributed by atoms with van der Waals surface area (Å²) in [4.78, 5) is 15.7. The smallest absolute Gasteiger partial charge is 0.219 e. The van der Waals surface area contributed by atoms with Crippen LogP contribution in [0.15, 0.2) is 12.3 Å². The molecule has 3 rings (SSSR count). The van der Waals surface area contributed by atoms with Crippen molar-refractivity contribution >= 4 is 5.91 Å². The van der Waals surface area contributed by atoms with Crippen molar-refractivity contribution in [1.82, 2.24) is 19.6 Å². The maximum absolute atomic E-state index is 11.3. The molecule has 1 aromatic heterocycles. The number of piperazine rings is 1. The minimum atomic E-state index is 0.190. The van der Waals surface area contributed by atoms with Gasteiger partial charge in [0.2, 0.25) is 5.91 Å². The zero-order chi connectivity index (χ0) is 17.5. The lowest BCUT2D eigenvalue weighted by Crippen LogP contribution is -2.48. The molecule has 2 fully saturated rings. The Balaban J connectivity index is 1.28. The molecule has 6 nitrogen and oxygen atoms in total. The first-order valence-corrected chi connectivity index (χ1v) is 9.82. The number of ether oxygens (including phenoxy) is 1. The number of aromatic nitrogens is 2. The van der Waals surface area contributed by atoms with Crippen molar-refractivity contribution in [3.63, 3.8) is 0 Å². The van der Waals surface area contributed by atoms with Crippen LogP contribution in [0, 0.1) is 0 Å². The van der Waals surface area contributed by atoms with E-state index in [1.807, 2.05) is 4.90 Å². The molecule has 1 saturated carbocycles. The lowest BCUT2D eigenvalue weighted by Gasteiger charge is -2.34. The van der Waals surface area contributed by atoms with E-state index in [4.69, 9.17) is 9.84 Å². The lowest BCUT2D eigenvalue weighted by molar-refractivity contribution is -0.130. The molecular formula is C19H32N4O2. The van der Waals surface area contributed by atoms with Gasteiger partial charge in [0.1, 0.15) is 0 Å². The van der Waals surface area contributed by atoms with E-state index >= 15 is 0 Å². The quantitative estimate of drug-likeness (QED) is 0.710. The maximum atomic E-state index is 11.3. The number of rotatable bonds is 7. The van der Waals surface area contributed by atoms with Gasteiger partial charge in [0.05, 0.1) is 18.3 Å². The number of hydrogen-bond donors (Lipinski definition) is 0. The Hall–Kier alpha value is -1.40. The molecular weight excluding hydrogens is 316 g/mol. The highest BCUT2D eigenvalue weighted by atomic mass is 16.5. The Bertz CT molecular complexity index is 531. The van der Waals surface area contributed by atoms with Gasteiger partial charge in [-0.15, -0.1) is 0 Å². The molecule has 0 atom stereocenters. The van der Waals surface area contributed by atoms with Gasteiger partial charge in [-0.05, 0) is 25.3 Å². The van der Waals surface area contributed by atoms with E-state index in [1.165, 1.54) is 32.1 Å². The number of nitrogens with zero attached hydrogens (tertiary/aromatic N) is 4. The van der Waals surface area contributed by atoms with Crippen LogP contribution in [0.1, 0.15) is 57.2 Å². The van der Waals surface area contributed by atoms with Crippen molar-refractivity contribution in [2.45, 2.75) is 58.1 Å². The van der Waals surface area contributed by atoms with E-state index in [0.717, 1.165) is 51.4 Å². The predicted molar refractivity (Wildman–Crippen MR) is 97.3 cm³/mol. The van der Waals surface area contributed by atoms with E-state index < -0.39 is 0 Å². The highest BCUT2D eigenvalue weighted by Gasteiger charge is 2.18. The van der Waals surface area contributed by atoms with Gasteiger partial charge < -0.3 is 9.64 Å². The second kappa shape index (κ2) is 9.34. The summed E-state index contributed by atoms with van der Waals surface area (Å²) in [6.07, 6.45) is 9.70. The van der Waals surface area contributed by atoms with Crippen molar-refractivity contribution in [3.8, 4) is 0 Å². The van der Waals surface area contributed by atoms with Crippen molar-refractivity contribution in [3.05, 3.63) is 18.0 Å². The third kappa shape index (κ3) is 5.54. The van der Waals surface area contributed by atoms with Crippen LogP contribution in [0.25, 0.3) is 0 Å². The molecule has 140 valence electrons. The molecule has 0 spiro atoms. The van der Waals surface area contributed by atoms with Crippen LogP contribution in [-0.2, 0) is 16.1 Å². The summed E-state index contributed by atoms with van der Waals surface area (Å²) in [5.41, 5.74) is 1.04. The van der Waals surface area contributed by atoms with Crippen LogP contribution < -0.4 is 0 Å². The zero-order valence-electron chi connectivity index (χ0n) is 15.5. The van der Waals surface area contributed by atoms with Crippen LogP contribution in [0.5, 0.6) is 0 Å². The molecule has 1 aliphatic heterocycles. The van der Waals surface area contributed by atoms with Gasteiger partial charge in [-0.3, -0.25) is 14.4 Å². The van der Waals surface area contributed by atoms with Crippen molar-refractivity contribution in [2.75, 3.05) is 39.3 Å². The first-order valence-electron chi connectivity index (χ1n) is 9.82. The highest BCUT2D eigenvalue weighted by Crippen LogP contribution is 2.27. The van der Waals surface area contributed by atoms with Gasteiger partial charge in [0, 0.05) is 52.5 Å². The summed E-state index contributed by atoms with van der Waals surface area (Å²) >= 11 is 0. The lowest BCUT2D eigenvalue weighted by atomic mass is 9.96. The molecule has 0 bridgehead atoms. The third-order valence-electron chi connectivity index (χ3n) is 5.44. The Morgan fingerprint density at radius 3 is 2.68 bits per heavy atom. The van der Waals surface area contributed by atoms with E-state index in [0.29, 0.717) is 12.6 Å². The largest absolute Gasteiger partial charge is 0.375 e. The van der Waals surface area contributed by atoms with Gasteiger partial charge in [0.15, 0.2) is 0 Å². The average molecular weight is 348 g/mol. The molecule has 25 heavy (non-hydrogen) atoms. The summed E-state index contributed by atoms with van der Waals surface area (Å²) in [5.74, 6) is 0.190. The molecule has 1 aliphatic carbocycles. The van der Waals surface area contributed by atoms with Crippen LogP contribution in [0.3, 0.4) is 0 Å². The van der Waals surface area contributed by atoms with Gasteiger partial charge in [-0.1, -0.05) is 19.3 Å². The van der Waals surface area contributed by atoms with Gasteiger partial charge in [-0.25, -0.2) is 0 Å². The topological polar surface area (TPSA) is 50.6 Å². The Kier molecular flexibility index (Phi) is 6.87. The second-order valence-corrected chi connectivity index (χ2v) is 7.33. The summed E-state index contributed by atoms with van der Waals surface area (Å²) in [6, 6.07) is 2.69. The Morgan fingerprint density at radius 2 is 1.96 bits per heavy atom. The van der Waals surface area contributed by atoms with Gasteiger partial charge >= 0.3 is 0 Å². The molecule has 1 aromatic rings. The molecule has 0 radical (unpaired) electrons. The fraction of sp³-hybridized carbons (Fsp3) is 0.789. The molecule has 6 heteroatoms. The molecule has 0 N–H and O–H groups in total. The monoisotopic (exact) mass is 348 g/mol. The number of carbonyl (C=O) groups excluding carboxylic acids is 1. The fourth-order valence-electron chi connectivity index (χ4n) is 3.86. The molecule has 0 unspecified atom stereocenters. The molecule has 1 amide bonds. The van der Waals surface area contributed by atoms with Gasteiger partial charge in [-0.2, -0.15) is 5.10 Å². The van der Waals surface area contributed by atoms with E-state index in [-0.39, 0.29) is 5.91 Å². The van der Waals surface area contributed by atoms with E-state index in [2.05, 4.69) is 21.8 Å². The predicted octanol–water partition coefficient (Wildman–Crippen LogP) is 2.46. The molecule has 2 aliphatic rings. The average Bonchev–Trinajstić information content (AvgIpc) is 3.11. The van der Waals surface area contributed by atoms with Crippen LogP contribution in [0.2, 0.25) is 0 Å². The van der Waals surface area contributed by atoms with Gasteiger partial charge in [0.25, 0.3) is 0 Å². The summed E-state index contributed by atoms with van der Waals surface area (Å²) in [7, 11) is 0. The minimum absolute atomic E-state index is 0.190. The third-order valence-corrected chi connectivity index (χ3v) is 5.44. The minimum Gasteiger partial charge on any atom is -0.375 e. The SMILES string of the molecule is CC(=O)N1CCN(CCCOCc2ccn(C3CCCCC3)n2)CC1. The number of hydrogen-bond acceptors (Lipinski definition) is 4. The number of amides is 1. The summed E-state index contributed by atoms with van der Waals surface area (Å²) < 4.78 is 7.95. The fourth-order valence-corrected chi connectivity index (χ4v) is 3.86. The normalized spacial score (nSPS) is 20.1. The number of carbonyl (C=O) groups is 1. The maximum Gasteiger partial charge on any atom is 0.219 e. The van der Waals surface area contributed by atoms with E-state index in [1.54, 1.807) is 6.92 Å². The molecule has 1 saturated heterocycles. The first kappa shape index (κ1) is 18.4. The van der Waals surface area contributed by atoms with E-state index in [9.17, 15) is 4.79 Å². The van der Waals surface area contributed by atoms with Crippen molar-refractivity contribution in [1.29, 1.82) is 0 Å². The van der Waals surface area contributed by atoms with Crippen molar-refractivity contribution in [2.24, 2.45) is 0 Å². The van der Waals surface area contributed by atoms with Crippen LogP contribution in [0.4, 0.5) is 0 Å². The molecule has 0 aromatic carbocycles. The Labute approximate surface area is 151 Å². The highest BCUT2D eigenvalue weighted by molar-refractivity contribution is 5.73. The van der Waals surface area contributed by atoms with Crippen LogP contribution in [-0.4, -0.2) is 64.8 Å². The van der Waals surface area contributed by atoms with Crippen LogP contribution >= 0.6 is 0 Å². The zero-order valence-corrected chi connectivity index (χ0v) is 15.5. The summed E-state index contributed by atoms with van der Waals surface area (Å²) in [6.45, 7) is 7.74. The standard InChI is InChI=1S/C19H32N4O2/c1-17(24)22-13-11-21(12-14-22)9-5-15-25-16-18-8-10-23(20-18)19-6-3-2-4-7-19/h8,10,19H,2-7,9,11-16H2,1H3.